The summed E-state index contributed by atoms with van der Waals surface area (Å²) in [6.45, 7) is 20.4. The van der Waals surface area contributed by atoms with Gasteiger partial charge in [0.05, 0.1) is 11.3 Å². The van der Waals surface area contributed by atoms with Crippen LogP contribution in [0.3, 0.4) is 0 Å². The van der Waals surface area contributed by atoms with Gasteiger partial charge >= 0.3 is 0 Å². The monoisotopic (exact) mass is 523 g/mol. The SMILES string of the molecule is C=CCn1c2c(c3c1C(=O)CC(C(C=O)OC(C)(C)C)=C3c1ccc(C)cc1)CCCC2.CC.CC.CO. The van der Waals surface area contributed by atoms with E-state index in [-0.39, 0.29) is 12.2 Å². The normalized spacial score (nSPS) is 14.8. The van der Waals surface area contributed by atoms with Gasteiger partial charge in [-0.3, -0.25) is 4.79 Å². The molecule has 1 heterocycles. The quantitative estimate of drug-likeness (QED) is 0.319. The Kier molecular flexibility index (Phi) is 13.7. The highest BCUT2D eigenvalue weighted by Crippen LogP contribution is 2.44. The zero-order valence-electron chi connectivity index (χ0n) is 25.1. The van der Waals surface area contributed by atoms with Gasteiger partial charge < -0.3 is 19.2 Å². The number of rotatable bonds is 6. The number of carbonyl (C=O) groups excluding carboxylic acids is 2. The van der Waals surface area contributed by atoms with Gasteiger partial charge in [-0.25, -0.2) is 0 Å². The number of hydrogen-bond donors (Lipinski definition) is 1. The molecule has 2 aliphatic carbocycles. The Morgan fingerprint density at radius 3 is 2.16 bits per heavy atom. The van der Waals surface area contributed by atoms with Crippen molar-refractivity contribution in [3.8, 4) is 0 Å². The van der Waals surface area contributed by atoms with Gasteiger partial charge in [0.1, 0.15) is 6.10 Å². The topological polar surface area (TPSA) is 68.5 Å². The highest BCUT2D eigenvalue weighted by molar-refractivity contribution is 6.09. The van der Waals surface area contributed by atoms with Crippen LogP contribution in [0.5, 0.6) is 0 Å². The molecule has 0 radical (unpaired) electrons. The van der Waals surface area contributed by atoms with E-state index in [2.05, 4.69) is 42.3 Å². The lowest BCUT2D eigenvalue weighted by Crippen LogP contribution is -2.33. The first kappa shape index (κ1) is 33.3. The molecule has 4 rings (SSSR count). The van der Waals surface area contributed by atoms with Crippen molar-refractivity contribution in [3.05, 3.63) is 76.1 Å². The van der Waals surface area contributed by atoms with Crippen LogP contribution >= 0.6 is 0 Å². The average Bonchev–Trinajstić information content (AvgIpc) is 3.26. The van der Waals surface area contributed by atoms with Gasteiger partial charge in [-0.05, 0) is 75.7 Å². The van der Waals surface area contributed by atoms with Crippen LogP contribution in [0.2, 0.25) is 0 Å². The second-order valence-corrected chi connectivity index (χ2v) is 9.91. The lowest BCUT2D eigenvalue weighted by molar-refractivity contribution is -0.123. The number of aromatic nitrogens is 1. The van der Waals surface area contributed by atoms with Crippen molar-refractivity contribution in [1.82, 2.24) is 4.57 Å². The molecule has 5 nitrogen and oxygen atoms in total. The van der Waals surface area contributed by atoms with Crippen LogP contribution in [0.25, 0.3) is 5.57 Å². The van der Waals surface area contributed by atoms with Crippen LogP contribution in [0.1, 0.15) is 106 Å². The summed E-state index contributed by atoms with van der Waals surface area (Å²) in [4.78, 5) is 25.8. The highest BCUT2D eigenvalue weighted by Gasteiger charge is 2.38. The maximum atomic E-state index is 13.6. The van der Waals surface area contributed by atoms with Crippen LogP contribution in [-0.4, -0.2) is 40.6 Å². The van der Waals surface area contributed by atoms with Crippen molar-refractivity contribution >= 4 is 17.6 Å². The molecule has 1 aromatic heterocycles. The predicted molar refractivity (Wildman–Crippen MR) is 159 cm³/mol. The maximum absolute atomic E-state index is 13.6. The summed E-state index contributed by atoms with van der Waals surface area (Å²) in [5.74, 6) is 0.0615. The number of nitrogens with zero attached hydrogens (tertiary/aromatic N) is 1. The van der Waals surface area contributed by atoms with E-state index in [1.165, 1.54) is 16.8 Å². The molecule has 0 aliphatic heterocycles. The van der Waals surface area contributed by atoms with E-state index in [1.807, 2.05) is 54.5 Å². The van der Waals surface area contributed by atoms with Gasteiger partial charge in [0.2, 0.25) is 0 Å². The summed E-state index contributed by atoms with van der Waals surface area (Å²) in [5, 5.41) is 7.00. The first-order valence-corrected chi connectivity index (χ1v) is 14.0. The minimum absolute atomic E-state index is 0.0615. The molecule has 210 valence electrons. The van der Waals surface area contributed by atoms with Crippen molar-refractivity contribution in [2.45, 2.75) is 106 Å². The molecule has 0 bridgehead atoms. The first-order valence-electron chi connectivity index (χ1n) is 14.0. The number of benzene rings is 1. The molecule has 1 N–H and O–H groups in total. The van der Waals surface area contributed by atoms with Crippen molar-refractivity contribution in [1.29, 1.82) is 0 Å². The third kappa shape index (κ3) is 7.42. The molecule has 2 aliphatic rings. The molecule has 1 unspecified atom stereocenters. The Hall–Kier alpha value is -2.76. The Bertz CT molecular complexity index is 1100. The number of hydrogen-bond acceptors (Lipinski definition) is 4. The first-order chi connectivity index (χ1) is 18.2. The van der Waals surface area contributed by atoms with Crippen molar-refractivity contribution in [2.24, 2.45) is 0 Å². The van der Waals surface area contributed by atoms with Crippen LogP contribution in [0.4, 0.5) is 0 Å². The van der Waals surface area contributed by atoms with E-state index in [4.69, 9.17) is 9.84 Å². The minimum atomic E-state index is -0.759. The summed E-state index contributed by atoms with van der Waals surface area (Å²) in [6.07, 6.45) is 6.30. The van der Waals surface area contributed by atoms with Crippen LogP contribution in [-0.2, 0) is 28.9 Å². The van der Waals surface area contributed by atoms with Gasteiger partial charge in [-0.15, -0.1) is 6.58 Å². The largest absolute Gasteiger partial charge is 0.400 e. The lowest BCUT2D eigenvalue weighted by Gasteiger charge is -2.30. The standard InChI is InChI=1S/C28H33NO3.2C2H6.CH4O/c1-6-15-29-22-10-8-7-9-20(22)26-25(19-13-11-18(2)12-14-19)21(16-23(31)27(26)29)24(17-30)32-28(3,4)5;3*1-2/h6,11-14,17,24H,1,7-10,15-16H2,2-5H3;2*1-2H3;2H,1H3. The van der Waals surface area contributed by atoms with Gasteiger partial charge in [-0.1, -0.05) is 63.6 Å². The number of carbonyl (C=O) groups is 2. The number of ether oxygens (including phenoxy) is 1. The molecule has 1 atom stereocenters. The minimum Gasteiger partial charge on any atom is -0.400 e. The zero-order chi connectivity index (χ0) is 29.0. The summed E-state index contributed by atoms with van der Waals surface area (Å²) in [7, 11) is 1.00. The van der Waals surface area contributed by atoms with E-state index < -0.39 is 11.7 Å². The van der Waals surface area contributed by atoms with E-state index in [1.54, 1.807) is 0 Å². The average molecular weight is 524 g/mol. The number of allylic oxidation sites excluding steroid dienone is 1. The molecular weight excluding hydrogens is 474 g/mol. The molecule has 0 fully saturated rings. The molecule has 0 spiro atoms. The number of aliphatic hydroxyl groups excluding tert-OH is 1. The van der Waals surface area contributed by atoms with Crippen LogP contribution in [0, 0.1) is 6.92 Å². The molecule has 0 amide bonds. The van der Waals surface area contributed by atoms with Crippen molar-refractivity contribution in [3.63, 3.8) is 0 Å². The second-order valence-electron chi connectivity index (χ2n) is 9.91. The smallest absolute Gasteiger partial charge is 0.184 e. The maximum Gasteiger partial charge on any atom is 0.184 e. The number of Topliss-reactive ketones (excluding diaryl/α,β-unsaturated/α-hetero) is 1. The molecule has 38 heavy (non-hydrogen) atoms. The van der Waals surface area contributed by atoms with E-state index >= 15 is 0 Å². The Balaban J connectivity index is 0.00000112. The van der Waals surface area contributed by atoms with Gasteiger partial charge in [0.15, 0.2) is 12.1 Å². The second kappa shape index (κ2) is 15.6. The highest BCUT2D eigenvalue weighted by atomic mass is 16.5. The number of aliphatic hydroxyl groups is 1. The third-order valence-corrected chi connectivity index (χ3v) is 6.36. The van der Waals surface area contributed by atoms with E-state index in [9.17, 15) is 9.59 Å². The number of aryl methyl sites for hydroxylation is 1. The fraction of sp³-hybridized carbons (Fsp3) is 0.515. The fourth-order valence-electron chi connectivity index (χ4n) is 5.12. The molecule has 0 saturated heterocycles. The molecule has 2 aromatic rings. The number of ketones is 1. The van der Waals surface area contributed by atoms with Gasteiger partial charge in [0.25, 0.3) is 0 Å². The lowest BCUT2D eigenvalue weighted by atomic mass is 9.79. The number of aldehydes is 1. The summed E-state index contributed by atoms with van der Waals surface area (Å²) in [6, 6.07) is 8.38. The Morgan fingerprint density at radius 2 is 1.63 bits per heavy atom. The summed E-state index contributed by atoms with van der Waals surface area (Å²) in [5.41, 5.74) is 7.78. The van der Waals surface area contributed by atoms with Crippen LogP contribution < -0.4 is 0 Å². The number of fused-ring (bicyclic) bond motifs is 3. The van der Waals surface area contributed by atoms with Crippen molar-refractivity contribution in [2.75, 3.05) is 7.11 Å². The van der Waals surface area contributed by atoms with E-state index in [0.717, 1.165) is 67.0 Å². The Labute approximate surface area is 230 Å². The predicted octanol–water partition coefficient (Wildman–Crippen LogP) is 7.29. The molecule has 1 aromatic carbocycles. The molecule has 5 heteroatoms. The van der Waals surface area contributed by atoms with Crippen molar-refractivity contribution < 1.29 is 19.4 Å². The molecular formula is C33H49NO4. The van der Waals surface area contributed by atoms with E-state index in [0.29, 0.717) is 6.54 Å². The zero-order valence-corrected chi connectivity index (χ0v) is 25.1. The molecule has 0 saturated carbocycles. The van der Waals surface area contributed by atoms with Crippen LogP contribution in [0.15, 0.2) is 42.5 Å². The summed E-state index contributed by atoms with van der Waals surface area (Å²) >= 11 is 0. The Morgan fingerprint density at radius 1 is 1.05 bits per heavy atom. The van der Waals surface area contributed by atoms with Gasteiger partial charge in [-0.2, -0.15) is 0 Å². The third-order valence-electron chi connectivity index (χ3n) is 6.36. The fourth-order valence-corrected chi connectivity index (χ4v) is 5.12. The van der Waals surface area contributed by atoms with Gasteiger partial charge in [0, 0.05) is 31.3 Å². The summed E-state index contributed by atoms with van der Waals surface area (Å²) < 4.78 is 8.33.